The Balaban J connectivity index is 1.57. The highest BCUT2D eigenvalue weighted by Gasteiger charge is 2.30. The molecule has 11 heteroatoms. The summed E-state index contributed by atoms with van der Waals surface area (Å²) in [7, 11) is -0.695. The molecular weight excluding hydrogens is 486 g/mol. The van der Waals surface area contributed by atoms with E-state index < -0.39 is 21.7 Å². The van der Waals surface area contributed by atoms with Crippen molar-refractivity contribution < 1.29 is 17.9 Å². The molecule has 9 nitrogen and oxygen atoms in total. The van der Waals surface area contributed by atoms with Crippen molar-refractivity contribution in [2.24, 2.45) is 0 Å². The van der Waals surface area contributed by atoms with Crippen molar-refractivity contribution in [3.63, 3.8) is 0 Å². The third kappa shape index (κ3) is 5.63. The van der Waals surface area contributed by atoms with Gasteiger partial charge in [-0.25, -0.2) is 13.1 Å². The molecule has 0 fully saturated rings. The van der Waals surface area contributed by atoms with Gasteiger partial charge in [0.25, 0.3) is 0 Å². The molecule has 0 radical (unpaired) electrons. The van der Waals surface area contributed by atoms with Gasteiger partial charge in [-0.3, -0.25) is 4.79 Å². The Hall–Kier alpha value is -3.02. The second-order valence-electron chi connectivity index (χ2n) is 8.96. The summed E-state index contributed by atoms with van der Waals surface area (Å²) < 4.78 is 33.5. The Morgan fingerprint density at radius 3 is 2.66 bits per heavy atom. The van der Waals surface area contributed by atoms with Crippen molar-refractivity contribution in [1.82, 2.24) is 19.8 Å². The van der Waals surface area contributed by atoms with Crippen molar-refractivity contribution in [1.29, 1.82) is 0 Å². The molecule has 1 amide bonds. The van der Waals surface area contributed by atoms with Gasteiger partial charge in [-0.05, 0) is 56.0 Å². The average molecular weight is 516 g/mol. The summed E-state index contributed by atoms with van der Waals surface area (Å²) in [6.45, 7) is 3.89. The van der Waals surface area contributed by atoms with Crippen LogP contribution >= 0.6 is 11.3 Å². The lowest BCUT2D eigenvalue weighted by Crippen LogP contribution is -2.37. The van der Waals surface area contributed by atoms with Crippen LogP contribution in [-0.4, -0.2) is 55.4 Å². The van der Waals surface area contributed by atoms with Crippen molar-refractivity contribution in [3.8, 4) is 26.9 Å². The van der Waals surface area contributed by atoms with Crippen LogP contribution in [0, 0.1) is 0 Å². The second-order valence-corrected chi connectivity index (χ2v) is 11.7. The molecule has 3 N–H and O–H groups in total. The van der Waals surface area contributed by atoms with E-state index in [4.69, 9.17) is 10.5 Å². The van der Waals surface area contributed by atoms with Crippen molar-refractivity contribution >= 4 is 33.0 Å². The lowest BCUT2D eigenvalue weighted by atomic mass is 10.0. The first-order chi connectivity index (χ1) is 16.5. The molecule has 0 saturated heterocycles. The Kier molecular flexibility index (Phi) is 7.11. The number of nitrogens with zero attached hydrogens (tertiary/aromatic N) is 3. The lowest BCUT2D eigenvalue weighted by molar-refractivity contribution is -0.125. The molecule has 1 aliphatic carbocycles. The number of ether oxygens (including phenoxy) is 1. The number of nitrogens with two attached hydrogens (primary N) is 1. The first-order valence-electron chi connectivity index (χ1n) is 11.3. The first-order valence-corrected chi connectivity index (χ1v) is 13.7. The number of benzene rings is 2. The van der Waals surface area contributed by atoms with Gasteiger partial charge in [0.05, 0.1) is 11.8 Å². The normalized spacial score (nSPS) is 15.3. The van der Waals surface area contributed by atoms with Crippen LogP contribution in [0.3, 0.4) is 0 Å². The van der Waals surface area contributed by atoms with Crippen LogP contribution in [-0.2, 0) is 21.2 Å². The minimum absolute atomic E-state index is 0.0261. The number of nitrogens with one attached hydrogen (secondary N) is 1. The number of aromatic nitrogens is 2. The standard InChI is InChI=1S/C24H29N5O4S2/c1-14(2)33-21-11-8-15(12-19(21)25)23-26-27-24(34-23)18-7-5-6-17-16(18)9-10-20(17)28-35(31,32)13-22(30)29(3)4/h5-8,11-12,14,20,28H,9-10,13,25H2,1-4H3/t20-/m0/s1. The Labute approximate surface area is 209 Å². The van der Waals surface area contributed by atoms with Crippen LogP contribution in [0.5, 0.6) is 5.75 Å². The summed E-state index contributed by atoms with van der Waals surface area (Å²) in [6.07, 6.45) is 1.34. The SMILES string of the molecule is CC(C)Oc1ccc(-c2nnc(-c3cccc4c3CC[C@@H]4NS(=O)(=O)CC(=O)N(C)C)s2)cc1N. The van der Waals surface area contributed by atoms with Crippen LogP contribution in [0.2, 0.25) is 0 Å². The molecule has 1 aliphatic rings. The van der Waals surface area contributed by atoms with E-state index in [9.17, 15) is 13.2 Å². The zero-order valence-electron chi connectivity index (χ0n) is 20.1. The van der Waals surface area contributed by atoms with E-state index in [1.807, 2.05) is 50.2 Å². The fourth-order valence-electron chi connectivity index (χ4n) is 4.02. The zero-order chi connectivity index (χ0) is 25.3. The quantitative estimate of drug-likeness (QED) is 0.441. The summed E-state index contributed by atoms with van der Waals surface area (Å²) >= 11 is 1.45. The van der Waals surface area contributed by atoms with E-state index in [0.29, 0.717) is 24.3 Å². The molecule has 1 heterocycles. The number of nitrogen functional groups attached to an aromatic ring is 1. The van der Waals surface area contributed by atoms with E-state index in [-0.39, 0.29) is 12.1 Å². The van der Waals surface area contributed by atoms with Gasteiger partial charge in [0.15, 0.2) is 0 Å². The number of carbonyl (C=O) groups excluding carboxylic acids is 1. The minimum atomic E-state index is -3.77. The molecule has 1 aromatic heterocycles. The number of fused-ring (bicyclic) bond motifs is 1. The highest BCUT2D eigenvalue weighted by molar-refractivity contribution is 7.90. The number of sulfonamides is 1. The second kappa shape index (κ2) is 9.92. The zero-order valence-corrected chi connectivity index (χ0v) is 21.7. The van der Waals surface area contributed by atoms with Gasteiger partial charge in [-0.2, -0.15) is 0 Å². The van der Waals surface area contributed by atoms with E-state index in [1.165, 1.54) is 30.3 Å². The first kappa shape index (κ1) is 25.1. The molecule has 0 spiro atoms. The van der Waals surface area contributed by atoms with Gasteiger partial charge in [0.2, 0.25) is 15.9 Å². The van der Waals surface area contributed by atoms with Crippen LogP contribution < -0.4 is 15.2 Å². The Morgan fingerprint density at radius 1 is 1.23 bits per heavy atom. The fourth-order valence-corrected chi connectivity index (χ4v) is 6.26. The monoisotopic (exact) mass is 515 g/mol. The number of carbonyl (C=O) groups is 1. The number of hydrogen-bond acceptors (Lipinski definition) is 8. The molecule has 3 aromatic rings. The summed E-state index contributed by atoms with van der Waals surface area (Å²) in [6, 6.07) is 11.0. The molecule has 4 rings (SSSR count). The van der Waals surface area contributed by atoms with Crippen LogP contribution in [0.4, 0.5) is 5.69 Å². The van der Waals surface area contributed by atoms with Crippen molar-refractivity contribution in [3.05, 3.63) is 47.5 Å². The number of hydrogen-bond donors (Lipinski definition) is 2. The molecule has 2 aromatic carbocycles. The molecule has 1 atom stereocenters. The van der Waals surface area contributed by atoms with Crippen LogP contribution in [0.1, 0.15) is 37.4 Å². The number of amides is 1. The van der Waals surface area contributed by atoms with Crippen molar-refractivity contribution in [2.45, 2.75) is 38.8 Å². The molecule has 35 heavy (non-hydrogen) atoms. The lowest BCUT2D eigenvalue weighted by Gasteiger charge is -2.16. The molecule has 186 valence electrons. The number of rotatable bonds is 8. The van der Waals surface area contributed by atoms with Gasteiger partial charge in [-0.15, -0.1) is 10.2 Å². The van der Waals surface area contributed by atoms with E-state index in [0.717, 1.165) is 32.3 Å². The van der Waals surface area contributed by atoms with Gasteiger partial charge in [0, 0.05) is 31.3 Å². The predicted molar refractivity (Wildman–Crippen MR) is 138 cm³/mol. The molecule has 0 unspecified atom stereocenters. The third-order valence-electron chi connectivity index (χ3n) is 5.68. The van der Waals surface area contributed by atoms with Gasteiger partial charge >= 0.3 is 0 Å². The molecule has 0 aliphatic heterocycles. The summed E-state index contributed by atoms with van der Waals surface area (Å²) in [5, 5.41) is 10.3. The predicted octanol–water partition coefficient (Wildman–Crippen LogP) is 3.24. The van der Waals surface area contributed by atoms with E-state index >= 15 is 0 Å². The average Bonchev–Trinajstić information content (AvgIpc) is 3.42. The topological polar surface area (TPSA) is 128 Å². The van der Waals surface area contributed by atoms with Gasteiger partial charge in [-0.1, -0.05) is 29.5 Å². The number of anilines is 1. The highest BCUT2D eigenvalue weighted by atomic mass is 32.2. The maximum absolute atomic E-state index is 12.5. The summed E-state index contributed by atoms with van der Waals surface area (Å²) in [4.78, 5) is 13.2. The highest BCUT2D eigenvalue weighted by Crippen LogP contribution is 2.40. The largest absolute Gasteiger partial charge is 0.489 e. The molecule has 0 saturated carbocycles. The Bertz CT molecular complexity index is 1350. The summed E-state index contributed by atoms with van der Waals surface area (Å²) in [5.41, 5.74) is 10.4. The maximum atomic E-state index is 12.5. The molecular formula is C24H29N5O4S2. The van der Waals surface area contributed by atoms with Crippen molar-refractivity contribution in [2.75, 3.05) is 25.6 Å². The minimum Gasteiger partial charge on any atom is -0.489 e. The summed E-state index contributed by atoms with van der Waals surface area (Å²) in [5.74, 6) is -0.402. The van der Waals surface area contributed by atoms with Gasteiger partial charge in [0.1, 0.15) is 21.5 Å². The maximum Gasteiger partial charge on any atom is 0.238 e. The molecule has 0 bridgehead atoms. The fraction of sp³-hybridized carbons (Fsp3) is 0.375. The third-order valence-corrected chi connectivity index (χ3v) is 7.96. The smallest absolute Gasteiger partial charge is 0.238 e. The van der Waals surface area contributed by atoms with Crippen LogP contribution in [0.15, 0.2) is 36.4 Å². The van der Waals surface area contributed by atoms with E-state index in [1.54, 1.807) is 0 Å². The van der Waals surface area contributed by atoms with Crippen LogP contribution in [0.25, 0.3) is 21.1 Å². The van der Waals surface area contributed by atoms with Gasteiger partial charge < -0.3 is 15.4 Å². The van der Waals surface area contributed by atoms with E-state index in [2.05, 4.69) is 14.9 Å². The Morgan fingerprint density at radius 2 is 1.97 bits per heavy atom.